The minimum absolute atomic E-state index is 0.0971. The Hall–Kier alpha value is -5.58. The zero-order valence-electron chi connectivity index (χ0n) is 23.7. The van der Waals surface area contributed by atoms with Crippen molar-refractivity contribution >= 4 is 16.8 Å². The van der Waals surface area contributed by atoms with Gasteiger partial charge in [-0.1, -0.05) is 54.1 Å². The fourth-order valence-electron chi connectivity index (χ4n) is 5.30. The number of nitrogens with zero attached hydrogens (tertiary/aromatic N) is 5. The number of tetrazole rings is 1. The lowest BCUT2D eigenvalue weighted by Gasteiger charge is -2.18. The molecule has 11 heteroatoms. The molecule has 0 aliphatic carbocycles. The SMILES string of the molecule is Cc1ccc(-n2cnnn2)c(CCC(=O)N[C@@H](Cc2ccccc2)c2nc(-c3ccc4[nH]c(=O)cc(O)c4c3)c(C)[nH]2)c1. The van der Waals surface area contributed by atoms with Crippen LogP contribution in [-0.4, -0.2) is 46.2 Å². The zero-order chi connectivity index (χ0) is 29.9. The van der Waals surface area contributed by atoms with Crippen LogP contribution in [0.3, 0.4) is 0 Å². The first-order valence-electron chi connectivity index (χ1n) is 13.9. The molecule has 1 amide bonds. The third kappa shape index (κ3) is 6.05. The first kappa shape index (κ1) is 27.6. The van der Waals surface area contributed by atoms with Crippen LogP contribution >= 0.6 is 0 Å². The van der Waals surface area contributed by atoms with Gasteiger partial charge in [0.15, 0.2) is 0 Å². The molecule has 0 unspecified atom stereocenters. The molecule has 0 radical (unpaired) electrons. The summed E-state index contributed by atoms with van der Waals surface area (Å²) >= 11 is 0. The Balaban J connectivity index is 1.26. The maximum atomic E-state index is 13.4. The predicted octanol–water partition coefficient (Wildman–Crippen LogP) is 4.25. The third-order valence-corrected chi connectivity index (χ3v) is 7.40. The van der Waals surface area contributed by atoms with Crippen molar-refractivity contribution in [2.75, 3.05) is 0 Å². The number of H-pyrrole nitrogens is 2. The van der Waals surface area contributed by atoms with Crippen LogP contribution in [0.15, 0.2) is 83.9 Å². The van der Waals surface area contributed by atoms with Gasteiger partial charge in [0, 0.05) is 29.1 Å². The van der Waals surface area contributed by atoms with Gasteiger partial charge in [0.05, 0.1) is 22.9 Å². The summed E-state index contributed by atoms with van der Waals surface area (Å²) in [5.41, 5.74) is 6.40. The van der Waals surface area contributed by atoms with Crippen LogP contribution < -0.4 is 10.9 Å². The highest BCUT2D eigenvalue weighted by molar-refractivity contribution is 5.88. The lowest BCUT2D eigenvalue weighted by atomic mass is 10.0. The average molecular weight is 575 g/mol. The number of rotatable bonds is 9. The molecule has 4 N–H and O–H groups in total. The van der Waals surface area contributed by atoms with Crippen LogP contribution in [0.2, 0.25) is 0 Å². The second kappa shape index (κ2) is 11.7. The first-order chi connectivity index (χ1) is 20.8. The number of hydrogen-bond donors (Lipinski definition) is 4. The summed E-state index contributed by atoms with van der Waals surface area (Å²) in [5, 5.41) is 25.6. The van der Waals surface area contributed by atoms with Crippen molar-refractivity contribution in [1.29, 1.82) is 0 Å². The summed E-state index contributed by atoms with van der Waals surface area (Å²) in [7, 11) is 0. The highest BCUT2D eigenvalue weighted by Crippen LogP contribution is 2.30. The molecule has 0 fully saturated rings. The number of imidazole rings is 1. The van der Waals surface area contributed by atoms with E-state index in [0.717, 1.165) is 39.7 Å². The normalized spacial score (nSPS) is 12.0. The molecular formula is C32H30N8O3. The van der Waals surface area contributed by atoms with Crippen LogP contribution in [0.1, 0.15) is 40.7 Å². The van der Waals surface area contributed by atoms with E-state index in [1.807, 2.05) is 68.4 Å². The topological polar surface area (TPSA) is 154 Å². The molecule has 0 spiro atoms. The van der Waals surface area contributed by atoms with Crippen molar-refractivity contribution < 1.29 is 9.90 Å². The van der Waals surface area contributed by atoms with Crippen molar-refractivity contribution in [3.05, 3.63) is 118 Å². The Labute approximate surface area is 246 Å². The summed E-state index contributed by atoms with van der Waals surface area (Å²) in [6.07, 6.45) is 2.85. The van der Waals surface area contributed by atoms with Crippen LogP contribution in [-0.2, 0) is 17.6 Å². The summed E-state index contributed by atoms with van der Waals surface area (Å²) in [4.78, 5) is 36.2. The molecule has 6 rings (SSSR count). The lowest BCUT2D eigenvalue weighted by Crippen LogP contribution is -2.31. The van der Waals surface area contributed by atoms with Gasteiger partial charge in [0.2, 0.25) is 5.91 Å². The standard InChI is InChI=1S/C32H30N8O3/c1-19-8-12-27(40-18-33-38-39-40)22(14-19)10-13-29(42)36-26(15-21-6-4-3-5-7-21)32-34-20(2)31(37-32)23-9-11-25-24(16-23)28(41)17-30(43)35-25/h3-9,11-12,14,16-18,26H,10,13,15H2,1-2H3,(H,34,37)(H,36,42)(H2,35,41,43)/t26-/m0/s1. The Morgan fingerprint density at radius 2 is 1.86 bits per heavy atom. The highest BCUT2D eigenvalue weighted by atomic mass is 16.3. The van der Waals surface area contributed by atoms with E-state index >= 15 is 0 Å². The molecule has 0 bridgehead atoms. The van der Waals surface area contributed by atoms with Crippen LogP contribution in [0.4, 0.5) is 0 Å². The van der Waals surface area contributed by atoms with E-state index < -0.39 is 6.04 Å². The van der Waals surface area contributed by atoms with Crippen molar-refractivity contribution in [2.24, 2.45) is 0 Å². The highest BCUT2D eigenvalue weighted by Gasteiger charge is 2.22. The predicted molar refractivity (Wildman–Crippen MR) is 162 cm³/mol. The maximum absolute atomic E-state index is 13.4. The summed E-state index contributed by atoms with van der Waals surface area (Å²) in [5.74, 6) is 0.417. The zero-order valence-corrected chi connectivity index (χ0v) is 23.7. The molecule has 11 nitrogen and oxygen atoms in total. The number of benzene rings is 3. The molecular weight excluding hydrogens is 544 g/mol. The van der Waals surface area contributed by atoms with Gasteiger partial charge in [-0.05, 0) is 66.4 Å². The number of carbonyl (C=O) groups is 1. The number of carbonyl (C=O) groups excluding carboxylic acids is 1. The fraction of sp³-hybridized carbons (Fsp3) is 0.188. The number of aromatic hydroxyl groups is 1. The number of amides is 1. The monoisotopic (exact) mass is 574 g/mol. The van der Waals surface area contributed by atoms with E-state index in [1.54, 1.807) is 16.8 Å². The smallest absolute Gasteiger partial charge is 0.252 e. The van der Waals surface area contributed by atoms with Gasteiger partial charge >= 0.3 is 0 Å². The van der Waals surface area contributed by atoms with E-state index in [-0.39, 0.29) is 23.6 Å². The Kier molecular flexibility index (Phi) is 7.52. The quantitative estimate of drug-likeness (QED) is 0.201. The van der Waals surface area contributed by atoms with Crippen molar-refractivity contribution in [2.45, 2.75) is 39.2 Å². The maximum Gasteiger partial charge on any atom is 0.252 e. The van der Waals surface area contributed by atoms with E-state index in [4.69, 9.17) is 4.98 Å². The molecule has 0 saturated carbocycles. The second-order valence-electron chi connectivity index (χ2n) is 10.6. The Morgan fingerprint density at radius 3 is 2.65 bits per heavy atom. The van der Waals surface area contributed by atoms with Gasteiger partial charge in [-0.15, -0.1) is 5.10 Å². The van der Waals surface area contributed by atoms with Crippen molar-refractivity contribution in [3.8, 4) is 22.7 Å². The molecule has 1 atom stereocenters. The summed E-state index contributed by atoms with van der Waals surface area (Å²) in [6, 6.07) is 22.1. The number of hydrogen-bond acceptors (Lipinski definition) is 7. The van der Waals surface area contributed by atoms with E-state index in [2.05, 4.69) is 30.8 Å². The van der Waals surface area contributed by atoms with Crippen molar-refractivity contribution in [1.82, 2.24) is 40.5 Å². The molecule has 0 saturated heterocycles. The molecule has 3 aromatic heterocycles. The van der Waals surface area contributed by atoms with E-state index in [0.29, 0.717) is 35.3 Å². The third-order valence-electron chi connectivity index (χ3n) is 7.40. The number of aromatic nitrogens is 7. The first-order valence-corrected chi connectivity index (χ1v) is 13.9. The van der Waals surface area contributed by atoms with E-state index in [1.165, 1.54) is 6.33 Å². The average Bonchev–Trinajstić information content (AvgIpc) is 3.66. The van der Waals surface area contributed by atoms with Crippen molar-refractivity contribution in [3.63, 3.8) is 0 Å². The molecule has 3 heterocycles. The molecule has 3 aromatic carbocycles. The van der Waals surface area contributed by atoms with Crippen LogP contribution in [0, 0.1) is 13.8 Å². The van der Waals surface area contributed by atoms with Gasteiger partial charge < -0.3 is 20.4 Å². The second-order valence-corrected chi connectivity index (χ2v) is 10.6. The number of nitrogens with one attached hydrogen (secondary N) is 3. The summed E-state index contributed by atoms with van der Waals surface area (Å²) < 4.78 is 1.60. The minimum atomic E-state index is -0.413. The largest absolute Gasteiger partial charge is 0.507 e. The van der Waals surface area contributed by atoms with Crippen LogP contribution in [0.25, 0.3) is 27.8 Å². The molecule has 0 aliphatic rings. The molecule has 216 valence electrons. The van der Waals surface area contributed by atoms with Gasteiger partial charge in [0.1, 0.15) is 17.9 Å². The number of fused-ring (bicyclic) bond motifs is 1. The number of pyridine rings is 1. The lowest BCUT2D eigenvalue weighted by molar-refractivity contribution is -0.121. The van der Waals surface area contributed by atoms with E-state index in [9.17, 15) is 14.7 Å². The molecule has 6 aromatic rings. The van der Waals surface area contributed by atoms with Gasteiger partial charge in [-0.2, -0.15) is 0 Å². The minimum Gasteiger partial charge on any atom is -0.507 e. The number of aromatic amines is 2. The van der Waals surface area contributed by atoms with Crippen LogP contribution in [0.5, 0.6) is 5.75 Å². The Morgan fingerprint density at radius 1 is 1.02 bits per heavy atom. The fourth-order valence-corrected chi connectivity index (χ4v) is 5.30. The van der Waals surface area contributed by atoms with Gasteiger partial charge in [0.25, 0.3) is 5.56 Å². The molecule has 43 heavy (non-hydrogen) atoms. The summed E-state index contributed by atoms with van der Waals surface area (Å²) in [6.45, 7) is 3.93. The van der Waals surface area contributed by atoms with Gasteiger partial charge in [-0.25, -0.2) is 9.67 Å². The number of aryl methyl sites for hydroxylation is 3. The Bertz CT molecular complexity index is 1960. The van der Waals surface area contributed by atoms with Gasteiger partial charge in [-0.3, -0.25) is 9.59 Å². The molecule has 0 aliphatic heterocycles.